The summed E-state index contributed by atoms with van der Waals surface area (Å²) in [7, 11) is 0. The number of unbranched alkanes of at least 4 members (excludes halogenated alkanes) is 2. The van der Waals surface area contributed by atoms with Crippen molar-refractivity contribution in [2.45, 2.75) is 89.4 Å². The van der Waals surface area contributed by atoms with Gasteiger partial charge in [0.2, 0.25) is 17.7 Å². The molecule has 13 heteroatoms. The van der Waals surface area contributed by atoms with Crippen LogP contribution in [0.5, 0.6) is 0 Å². The van der Waals surface area contributed by atoms with Gasteiger partial charge in [0.25, 0.3) is 0 Å². The van der Waals surface area contributed by atoms with Crippen molar-refractivity contribution < 1.29 is 24.3 Å². The van der Waals surface area contributed by atoms with Gasteiger partial charge in [-0.1, -0.05) is 13.8 Å². The van der Waals surface area contributed by atoms with Crippen LogP contribution in [-0.4, -0.2) is 76.0 Å². The topological polar surface area (TPSA) is 231 Å². The van der Waals surface area contributed by atoms with Crippen molar-refractivity contribution in [2.75, 3.05) is 13.1 Å². The highest BCUT2D eigenvalue weighted by atomic mass is 16.4. The van der Waals surface area contributed by atoms with E-state index < -0.39 is 47.9 Å². The molecular formula is C24H44N8O5. The molecule has 0 saturated carbocycles. The number of aromatic nitrogens is 2. The van der Waals surface area contributed by atoms with Gasteiger partial charge < -0.3 is 43.2 Å². The Labute approximate surface area is 218 Å². The highest BCUT2D eigenvalue weighted by molar-refractivity contribution is 5.94. The van der Waals surface area contributed by atoms with Gasteiger partial charge in [-0.05, 0) is 64.0 Å². The number of carbonyl (C=O) groups excluding carboxylic acids is 3. The molecular weight excluding hydrogens is 480 g/mol. The number of carboxylic acid groups (broad SMARTS) is 1. The van der Waals surface area contributed by atoms with Crippen LogP contribution in [0, 0.1) is 5.92 Å². The number of hydrogen-bond donors (Lipinski definition) is 8. The number of carboxylic acids is 1. The van der Waals surface area contributed by atoms with E-state index in [1.807, 2.05) is 13.8 Å². The van der Waals surface area contributed by atoms with Crippen LogP contribution < -0.4 is 33.2 Å². The fraction of sp³-hybridized carbons (Fsp3) is 0.708. The zero-order chi connectivity index (χ0) is 27.8. The zero-order valence-electron chi connectivity index (χ0n) is 21.9. The Kier molecular flexibility index (Phi) is 15.1. The van der Waals surface area contributed by atoms with E-state index in [9.17, 15) is 24.3 Å². The van der Waals surface area contributed by atoms with Crippen molar-refractivity contribution in [3.63, 3.8) is 0 Å². The third kappa shape index (κ3) is 12.7. The molecule has 13 nitrogen and oxygen atoms in total. The number of nitrogens with zero attached hydrogens (tertiary/aromatic N) is 1. The Hall–Kier alpha value is -3.03. The molecule has 4 atom stereocenters. The second-order valence-corrected chi connectivity index (χ2v) is 9.61. The Morgan fingerprint density at radius 2 is 1.43 bits per heavy atom. The summed E-state index contributed by atoms with van der Waals surface area (Å²) >= 11 is 0. The fourth-order valence-corrected chi connectivity index (χ4v) is 3.78. The molecule has 1 aromatic rings. The summed E-state index contributed by atoms with van der Waals surface area (Å²) < 4.78 is 0. The first-order valence-electron chi connectivity index (χ1n) is 12.9. The van der Waals surface area contributed by atoms with Crippen molar-refractivity contribution in [3.8, 4) is 0 Å². The predicted molar refractivity (Wildman–Crippen MR) is 139 cm³/mol. The van der Waals surface area contributed by atoms with E-state index in [0.717, 1.165) is 0 Å². The average Bonchev–Trinajstić information content (AvgIpc) is 3.35. The van der Waals surface area contributed by atoms with Crippen molar-refractivity contribution in [3.05, 3.63) is 18.2 Å². The number of aromatic amines is 1. The molecule has 0 saturated heterocycles. The number of hydrogen-bond acceptors (Lipinski definition) is 8. The van der Waals surface area contributed by atoms with Crippen LogP contribution in [0.1, 0.15) is 64.5 Å². The summed E-state index contributed by atoms with van der Waals surface area (Å²) in [6.45, 7) is 4.73. The number of amides is 3. The van der Waals surface area contributed by atoms with E-state index >= 15 is 0 Å². The average molecular weight is 525 g/mol. The van der Waals surface area contributed by atoms with Crippen LogP contribution in [0.15, 0.2) is 12.5 Å². The maximum absolute atomic E-state index is 13.3. The Balaban J connectivity index is 3.03. The van der Waals surface area contributed by atoms with Gasteiger partial charge in [0.05, 0.1) is 12.4 Å². The van der Waals surface area contributed by atoms with Crippen LogP contribution in [0.3, 0.4) is 0 Å². The maximum Gasteiger partial charge on any atom is 0.326 e. The van der Waals surface area contributed by atoms with Crippen molar-refractivity contribution in [1.82, 2.24) is 25.9 Å². The molecule has 11 N–H and O–H groups in total. The van der Waals surface area contributed by atoms with E-state index in [4.69, 9.17) is 17.2 Å². The summed E-state index contributed by atoms with van der Waals surface area (Å²) in [6, 6.07) is -3.95. The van der Waals surface area contributed by atoms with E-state index in [0.29, 0.717) is 57.3 Å². The monoisotopic (exact) mass is 524 g/mol. The molecule has 1 heterocycles. The normalized spacial score (nSPS) is 14.4. The molecule has 1 aromatic heterocycles. The lowest BCUT2D eigenvalue weighted by Crippen LogP contribution is -2.57. The van der Waals surface area contributed by atoms with Gasteiger partial charge in [-0.15, -0.1) is 0 Å². The van der Waals surface area contributed by atoms with Gasteiger partial charge in [0.1, 0.15) is 18.1 Å². The smallest absolute Gasteiger partial charge is 0.326 e. The molecule has 0 aromatic carbocycles. The third-order valence-electron chi connectivity index (χ3n) is 5.82. The number of carbonyl (C=O) groups is 4. The van der Waals surface area contributed by atoms with Crippen LogP contribution >= 0.6 is 0 Å². The first-order chi connectivity index (χ1) is 17.6. The minimum absolute atomic E-state index is 0.0447. The summed E-state index contributed by atoms with van der Waals surface area (Å²) in [4.78, 5) is 57.5. The number of imidazole rings is 1. The van der Waals surface area contributed by atoms with E-state index in [2.05, 4.69) is 25.9 Å². The van der Waals surface area contributed by atoms with E-state index in [1.165, 1.54) is 12.5 Å². The summed E-state index contributed by atoms with van der Waals surface area (Å²) in [5.74, 6) is -2.67. The molecule has 3 amide bonds. The van der Waals surface area contributed by atoms with Crippen LogP contribution in [0.4, 0.5) is 0 Å². The zero-order valence-corrected chi connectivity index (χ0v) is 21.9. The largest absolute Gasteiger partial charge is 0.480 e. The number of rotatable bonds is 19. The Bertz CT molecular complexity index is 833. The van der Waals surface area contributed by atoms with E-state index in [-0.39, 0.29) is 18.8 Å². The second-order valence-electron chi connectivity index (χ2n) is 9.61. The number of nitrogens with two attached hydrogens (primary N) is 3. The number of H-pyrrole nitrogens is 1. The fourth-order valence-electron chi connectivity index (χ4n) is 3.78. The lowest BCUT2D eigenvalue weighted by Gasteiger charge is -2.25. The van der Waals surface area contributed by atoms with Crippen molar-refractivity contribution in [2.24, 2.45) is 23.1 Å². The third-order valence-corrected chi connectivity index (χ3v) is 5.82. The molecule has 37 heavy (non-hydrogen) atoms. The quantitative estimate of drug-likeness (QED) is 0.105. The summed E-state index contributed by atoms with van der Waals surface area (Å²) in [5, 5.41) is 17.4. The van der Waals surface area contributed by atoms with Crippen LogP contribution in [-0.2, 0) is 25.6 Å². The Morgan fingerprint density at radius 3 is 1.95 bits per heavy atom. The standard InChI is InChI=1S/C24H44N8O5/c1-15(2)11-17(27)21(33)30-18(7-3-5-9-25)22(34)32-20(12-16-13-28-14-29-16)23(35)31-19(24(36)37)8-4-6-10-26/h13-15,17-20H,3-12,25-27H2,1-2H3,(H,28,29)(H,30,33)(H,31,35)(H,32,34)(H,36,37). The second kappa shape index (κ2) is 17.4. The lowest BCUT2D eigenvalue weighted by atomic mass is 10.0. The molecule has 210 valence electrons. The minimum Gasteiger partial charge on any atom is -0.480 e. The molecule has 0 aliphatic rings. The van der Waals surface area contributed by atoms with Crippen LogP contribution in [0.2, 0.25) is 0 Å². The molecule has 0 aliphatic carbocycles. The molecule has 1 rings (SSSR count). The molecule has 0 bridgehead atoms. The maximum atomic E-state index is 13.3. The first kappa shape index (κ1) is 32.0. The molecule has 0 aliphatic heterocycles. The van der Waals surface area contributed by atoms with Gasteiger partial charge in [0, 0.05) is 18.3 Å². The highest BCUT2D eigenvalue weighted by Crippen LogP contribution is 2.08. The lowest BCUT2D eigenvalue weighted by molar-refractivity contribution is -0.142. The van der Waals surface area contributed by atoms with Gasteiger partial charge in [0.15, 0.2) is 0 Å². The number of aliphatic carboxylic acids is 1. The summed E-state index contributed by atoms with van der Waals surface area (Å²) in [6.07, 6.45) is 6.32. The minimum atomic E-state index is -1.18. The molecule has 0 fully saturated rings. The number of nitrogens with one attached hydrogen (secondary N) is 4. The molecule has 4 unspecified atom stereocenters. The van der Waals surface area contributed by atoms with Gasteiger partial charge >= 0.3 is 5.97 Å². The highest BCUT2D eigenvalue weighted by Gasteiger charge is 2.30. The summed E-state index contributed by atoms with van der Waals surface area (Å²) in [5.41, 5.74) is 17.6. The van der Waals surface area contributed by atoms with Gasteiger partial charge in [-0.25, -0.2) is 9.78 Å². The SMILES string of the molecule is CC(C)CC(N)C(=O)NC(CCCCN)C(=O)NC(Cc1cnc[nH]1)C(=O)NC(CCCCN)C(=O)O. The Morgan fingerprint density at radius 1 is 0.892 bits per heavy atom. The van der Waals surface area contributed by atoms with Crippen molar-refractivity contribution >= 4 is 23.7 Å². The van der Waals surface area contributed by atoms with Crippen molar-refractivity contribution in [1.29, 1.82) is 0 Å². The predicted octanol–water partition coefficient (Wildman–Crippen LogP) is -0.877. The van der Waals surface area contributed by atoms with Crippen LogP contribution in [0.25, 0.3) is 0 Å². The molecule has 0 radical (unpaired) electrons. The van der Waals surface area contributed by atoms with Gasteiger partial charge in [-0.2, -0.15) is 0 Å². The van der Waals surface area contributed by atoms with Gasteiger partial charge in [-0.3, -0.25) is 14.4 Å². The first-order valence-corrected chi connectivity index (χ1v) is 12.9. The molecule has 0 spiro atoms. The van der Waals surface area contributed by atoms with E-state index in [1.54, 1.807) is 0 Å².